The smallest absolute Gasteiger partial charge is 0.150 e. The molecule has 0 amide bonds. The zero-order valence-corrected chi connectivity index (χ0v) is 12.5. The summed E-state index contributed by atoms with van der Waals surface area (Å²) in [5.41, 5.74) is 0. The van der Waals surface area contributed by atoms with Gasteiger partial charge >= 0.3 is 0 Å². The molecule has 5 heteroatoms. The molecule has 0 unspecified atom stereocenters. The Hall–Kier alpha value is -1.20. The first-order chi connectivity index (χ1) is 10.4. The third-order valence-electron chi connectivity index (χ3n) is 4.86. The minimum absolute atomic E-state index is 0.225. The number of nitrogens with one attached hydrogen (secondary N) is 1. The van der Waals surface area contributed by atoms with Crippen LogP contribution in [0.5, 0.6) is 0 Å². The van der Waals surface area contributed by atoms with E-state index in [9.17, 15) is 0 Å². The molecule has 1 saturated heterocycles. The van der Waals surface area contributed by atoms with Crippen LogP contribution in [0.3, 0.4) is 0 Å². The van der Waals surface area contributed by atoms with Crippen LogP contribution in [0, 0.1) is 5.92 Å². The van der Waals surface area contributed by atoms with Crippen molar-refractivity contribution < 1.29 is 4.74 Å². The van der Waals surface area contributed by atoms with Crippen LogP contribution < -0.4 is 5.32 Å². The maximum atomic E-state index is 5.68. The molecule has 2 aliphatic carbocycles. The minimum Gasteiger partial charge on any atom is -0.378 e. The van der Waals surface area contributed by atoms with Crippen molar-refractivity contribution >= 4 is 5.82 Å². The summed E-state index contributed by atoms with van der Waals surface area (Å²) < 4.78 is 5.68. The maximum Gasteiger partial charge on any atom is 0.150 e. The second-order valence-corrected chi connectivity index (χ2v) is 6.60. The van der Waals surface area contributed by atoms with Crippen molar-refractivity contribution in [3.8, 4) is 0 Å². The molecule has 2 saturated carbocycles. The summed E-state index contributed by atoms with van der Waals surface area (Å²) in [5, 5.41) is 3.52. The Morgan fingerprint density at radius 1 is 1.29 bits per heavy atom. The molecule has 1 aromatic rings. The summed E-state index contributed by atoms with van der Waals surface area (Å²) in [6.45, 7) is 3.74. The lowest BCUT2D eigenvalue weighted by molar-refractivity contribution is -0.0137. The quantitative estimate of drug-likeness (QED) is 0.900. The van der Waals surface area contributed by atoms with Crippen molar-refractivity contribution in [2.24, 2.45) is 5.92 Å². The molecule has 5 nitrogen and oxygen atoms in total. The van der Waals surface area contributed by atoms with Gasteiger partial charge in [0.2, 0.25) is 0 Å². The predicted molar refractivity (Wildman–Crippen MR) is 81.2 cm³/mol. The summed E-state index contributed by atoms with van der Waals surface area (Å²) in [7, 11) is 0. The molecule has 0 spiro atoms. The van der Waals surface area contributed by atoms with Crippen LogP contribution in [0.25, 0.3) is 0 Å². The maximum absolute atomic E-state index is 5.68. The zero-order valence-electron chi connectivity index (χ0n) is 12.5. The van der Waals surface area contributed by atoms with Gasteiger partial charge in [-0.2, -0.15) is 0 Å². The Kier molecular flexibility index (Phi) is 3.78. The molecule has 3 fully saturated rings. The van der Waals surface area contributed by atoms with Crippen LogP contribution in [0.15, 0.2) is 12.3 Å². The summed E-state index contributed by atoms with van der Waals surface area (Å²) in [6, 6.07) is 2.82. The van der Waals surface area contributed by atoms with Crippen LogP contribution in [-0.4, -0.2) is 47.2 Å². The van der Waals surface area contributed by atoms with Crippen molar-refractivity contribution in [2.45, 2.75) is 44.2 Å². The van der Waals surface area contributed by atoms with Gasteiger partial charge in [0, 0.05) is 25.3 Å². The third-order valence-corrected chi connectivity index (χ3v) is 4.86. The van der Waals surface area contributed by atoms with Gasteiger partial charge in [-0.3, -0.25) is 4.90 Å². The van der Waals surface area contributed by atoms with Crippen LogP contribution in [-0.2, 0) is 4.74 Å². The largest absolute Gasteiger partial charge is 0.378 e. The van der Waals surface area contributed by atoms with E-state index in [1.807, 2.05) is 12.3 Å². The highest BCUT2D eigenvalue weighted by atomic mass is 16.5. The van der Waals surface area contributed by atoms with Gasteiger partial charge < -0.3 is 10.1 Å². The molecule has 21 heavy (non-hydrogen) atoms. The van der Waals surface area contributed by atoms with Crippen molar-refractivity contribution in [2.75, 3.05) is 31.6 Å². The predicted octanol–water partition coefficient (Wildman–Crippen LogP) is 2.22. The molecule has 0 radical (unpaired) electrons. The first-order valence-corrected chi connectivity index (χ1v) is 8.30. The van der Waals surface area contributed by atoms with Gasteiger partial charge in [0.25, 0.3) is 0 Å². The summed E-state index contributed by atoms with van der Waals surface area (Å²) in [4.78, 5) is 11.8. The lowest BCUT2D eigenvalue weighted by Gasteiger charge is -2.35. The summed E-state index contributed by atoms with van der Waals surface area (Å²) in [6.07, 6.45) is 8.51. The standard InChI is InChI=1S/C16H24N4O/c1-2-13(3-1)18-15-6-7-17-16(19-15)14-11-21-9-8-20(14)10-12-4-5-12/h6-7,12-14H,1-5,8-11H2,(H,17,18,19)/t14-/m1/s1. The molecule has 0 bridgehead atoms. The molecule has 1 aromatic heterocycles. The SMILES string of the molecule is c1cc(NC2CCC2)nc([C@H]2COCCN2CC2CC2)n1. The van der Waals surface area contributed by atoms with Crippen LogP contribution in [0.2, 0.25) is 0 Å². The second-order valence-electron chi connectivity index (χ2n) is 6.60. The first kappa shape index (κ1) is 13.5. The van der Waals surface area contributed by atoms with E-state index in [4.69, 9.17) is 9.72 Å². The van der Waals surface area contributed by atoms with Gasteiger partial charge in [0.1, 0.15) is 11.6 Å². The number of aromatic nitrogens is 2. The molecular formula is C16H24N4O. The Morgan fingerprint density at radius 3 is 2.95 bits per heavy atom. The molecule has 1 N–H and O–H groups in total. The van der Waals surface area contributed by atoms with Gasteiger partial charge in [-0.1, -0.05) is 0 Å². The average Bonchev–Trinajstić information content (AvgIpc) is 3.28. The van der Waals surface area contributed by atoms with Gasteiger partial charge in [-0.15, -0.1) is 0 Å². The highest BCUT2D eigenvalue weighted by Crippen LogP contribution is 2.33. The van der Waals surface area contributed by atoms with E-state index in [1.54, 1.807) is 0 Å². The fourth-order valence-corrected chi connectivity index (χ4v) is 3.10. The van der Waals surface area contributed by atoms with Crippen molar-refractivity contribution in [3.63, 3.8) is 0 Å². The van der Waals surface area contributed by atoms with E-state index < -0.39 is 0 Å². The Balaban J connectivity index is 1.48. The number of hydrogen-bond acceptors (Lipinski definition) is 5. The van der Waals surface area contributed by atoms with E-state index in [2.05, 4.69) is 15.2 Å². The molecule has 1 aliphatic heterocycles. The lowest BCUT2D eigenvalue weighted by atomic mass is 9.93. The highest BCUT2D eigenvalue weighted by Gasteiger charge is 2.32. The number of nitrogens with zero attached hydrogens (tertiary/aromatic N) is 3. The van der Waals surface area contributed by atoms with E-state index in [0.29, 0.717) is 6.04 Å². The Bertz CT molecular complexity index is 487. The van der Waals surface area contributed by atoms with Gasteiger partial charge in [-0.25, -0.2) is 9.97 Å². The fraction of sp³-hybridized carbons (Fsp3) is 0.750. The van der Waals surface area contributed by atoms with E-state index >= 15 is 0 Å². The normalized spacial score (nSPS) is 27.3. The highest BCUT2D eigenvalue weighted by molar-refractivity contribution is 5.35. The monoisotopic (exact) mass is 288 g/mol. The molecule has 114 valence electrons. The topological polar surface area (TPSA) is 50.3 Å². The van der Waals surface area contributed by atoms with Gasteiger partial charge in [0.15, 0.2) is 0 Å². The lowest BCUT2D eigenvalue weighted by Crippen LogP contribution is -2.41. The van der Waals surface area contributed by atoms with Gasteiger partial charge in [-0.05, 0) is 44.1 Å². The van der Waals surface area contributed by atoms with Crippen molar-refractivity contribution in [1.29, 1.82) is 0 Å². The Morgan fingerprint density at radius 2 is 2.19 bits per heavy atom. The van der Waals surface area contributed by atoms with E-state index in [0.717, 1.165) is 37.3 Å². The molecule has 0 aromatic carbocycles. The summed E-state index contributed by atoms with van der Waals surface area (Å²) in [5.74, 6) is 2.78. The average molecular weight is 288 g/mol. The van der Waals surface area contributed by atoms with Crippen molar-refractivity contribution in [1.82, 2.24) is 14.9 Å². The summed E-state index contributed by atoms with van der Waals surface area (Å²) >= 11 is 0. The van der Waals surface area contributed by atoms with Crippen LogP contribution in [0.4, 0.5) is 5.82 Å². The van der Waals surface area contributed by atoms with Gasteiger partial charge in [0.05, 0.1) is 19.3 Å². The zero-order chi connectivity index (χ0) is 14.1. The number of anilines is 1. The van der Waals surface area contributed by atoms with Crippen molar-refractivity contribution in [3.05, 3.63) is 18.1 Å². The first-order valence-electron chi connectivity index (χ1n) is 8.30. The second kappa shape index (κ2) is 5.89. The number of ether oxygens (including phenoxy) is 1. The molecular weight excluding hydrogens is 264 g/mol. The number of hydrogen-bond donors (Lipinski definition) is 1. The Labute approximate surface area is 126 Å². The molecule has 2 heterocycles. The van der Waals surface area contributed by atoms with E-state index in [1.165, 1.54) is 38.6 Å². The molecule has 4 rings (SSSR count). The minimum atomic E-state index is 0.225. The third kappa shape index (κ3) is 3.19. The van der Waals surface area contributed by atoms with Crippen LogP contribution >= 0.6 is 0 Å². The fourth-order valence-electron chi connectivity index (χ4n) is 3.10. The van der Waals surface area contributed by atoms with Crippen LogP contribution in [0.1, 0.15) is 44.0 Å². The molecule has 3 aliphatic rings. The number of morpholine rings is 1. The number of rotatable bonds is 5. The van der Waals surface area contributed by atoms with E-state index in [-0.39, 0.29) is 6.04 Å². The molecule has 1 atom stereocenters.